The summed E-state index contributed by atoms with van der Waals surface area (Å²) in [6.45, 7) is 0.675. The van der Waals surface area contributed by atoms with Gasteiger partial charge in [-0.2, -0.15) is 0 Å². The first-order valence-electron chi connectivity index (χ1n) is 6.02. The zero-order valence-corrected chi connectivity index (χ0v) is 14.4. The number of methoxy groups -OCH3 is 1. The van der Waals surface area contributed by atoms with Crippen molar-refractivity contribution in [3.63, 3.8) is 0 Å². The monoisotopic (exact) mass is 403 g/mol. The van der Waals surface area contributed by atoms with Crippen molar-refractivity contribution in [3.05, 3.63) is 46.7 Å². The molecule has 0 radical (unpaired) electrons. The Morgan fingerprint density at radius 3 is 2.80 bits per heavy atom. The Morgan fingerprint density at radius 1 is 1.30 bits per heavy atom. The molecule has 2 aromatic rings. The SMILES string of the molecule is COc1ccccc1NC(N)=NCCc1cccs1.I. The Morgan fingerprint density at radius 2 is 2.10 bits per heavy atom. The molecule has 0 atom stereocenters. The van der Waals surface area contributed by atoms with Gasteiger partial charge >= 0.3 is 0 Å². The number of para-hydroxylation sites is 2. The van der Waals surface area contributed by atoms with E-state index >= 15 is 0 Å². The third-order valence-corrected chi connectivity index (χ3v) is 3.53. The lowest BCUT2D eigenvalue weighted by Gasteiger charge is -2.09. The molecular weight excluding hydrogens is 385 g/mol. The summed E-state index contributed by atoms with van der Waals surface area (Å²) in [5, 5.41) is 5.11. The van der Waals surface area contributed by atoms with Crippen molar-refractivity contribution in [2.45, 2.75) is 6.42 Å². The Hall–Kier alpha value is -1.28. The number of anilines is 1. The van der Waals surface area contributed by atoms with Gasteiger partial charge < -0.3 is 15.8 Å². The quantitative estimate of drug-likeness (QED) is 0.458. The van der Waals surface area contributed by atoms with Crippen LogP contribution in [0.1, 0.15) is 4.88 Å². The first kappa shape index (κ1) is 16.8. The zero-order valence-electron chi connectivity index (χ0n) is 11.2. The molecule has 1 aromatic carbocycles. The maximum absolute atomic E-state index is 5.86. The van der Waals surface area contributed by atoms with Crippen LogP contribution in [0, 0.1) is 0 Å². The van der Waals surface area contributed by atoms with Crippen molar-refractivity contribution in [1.29, 1.82) is 0 Å². The number of nitrogens with two attached hydrogens (primary N) is 1. The van der Waals surface area contributed by atoms with Gasteiger partial charge in [-0.15, -0.1) is 35.3 Å². The molecule has 0 spiro atoms. The molecule has 4 nitrogen and oxygen atoms in total. The number of guanidine groups is 1. The predicted molar refractivity (Wildman–Crippen MR) is 96.5 cm³/mol. The summed E-state index contributed by atoms with van der Waals surface area (Å²) >= 11 is 1.73. The summed E-state index contributed by atoms with van der Waals surface area (Å²) < 4.78 is 5.24. The van der Waals surface area contributed by atoms with E-state index < -0.39 is 0 Å². The molecule has 20 heavy (non-hydrogen) atoms. The van der Waals surface area contributed by atoms with Gasteiger partial charge in [0.2, 0.25) is 0 Å². The maximum atomic E-state index is 5.86. The fourth-order valence-corrected chi connectivity index (χ4v) is 2.36. The van der Waals surface area contributed by atoms with E-state index in [9.17, 15) is 0 Å². The van der Waals surface area contributed by atoms with Crippen LogP contribution in [0.5, 0.6) is 5.75 Å². The van der Waals surface area contributed by atoms with E-state index in [4.69, 9.17) is 10.5 Å². The third kappa shape index (κ3) is 5.01. The Labute approximate surface area is 140 Å². The molecule has 0 aliphatic heterocycles. The highest BCUT2D eigenvalue weighted by Crippen LogP contribution is 2.22. The summed E-state index contributed by atoms with van der Waals surface area (Å²) in [6, 6.07) is 11.8. The van der Waals surface area contributed by atoms with Gasteiger partial charge in [0.05, 0.1) is 12.8 Å². The Bertz CT molecular complexity index is 543. The smallest absolute Gasteiger partial charge is 0.193 e. The number of nitrogens with zero attached hydrogens (tertiary/aromatic N) is 1. The Kier molecular flexibility index (Phi) is 7.38. The molecule has 0 unspecified atom stereocenters. The van der Waals surface area contributed by atoms with Gasteiger partial charge in [0.1, 0.15) is 5.75 Å². The van der Waals surface area contributed by atoms with Crippen LogP contribution in [0.2, 0.25) is 0 Å². The van der Waals surface area contributed by atoms with E-state index in [2.05, 4.69) is 21.8 Å². The van der Waals surface area contributed by atoms with Gasteiger partial charge in [-0.1, -0.05) is 18.2 Å². The van der Waals surface area contributed by atoms with Crippen molar-refractivity contribution in [2.75, 3.05) is 19.0 Å². The first-order valence-corrected chi connectivity index (χ1v) is 6.90. The van der Waals surface area contributed by atoms with Gasteiger partial charge in [-0.3, -0.25) is 4.99 Å². The lowest BCUT2D eigenvalue weighted by Crippen LogP contribution is -2.23. The van der Waals surface area contributed by atoms with Crippen LogP contribution in [-0.4, -0.2) is 19.6 Å². The highest BCUT2D eigenvalue weighted by atomic mass is 127. The number of hydrogen-bond donors (Lipinski definition) is 2. The number of benzene rings is 1. The molecule has 3 N–H and O–H groups in total. The second kappa shape index (κ2) is 8.80. The van der Waals surface area contributed by atoms with Crippen LogP contribution in [-0.2, 0) is 6.42 Å². The molecule has 0 amide bonds. The summed E-state index contributed by atoms with van der Waals surface area (Å²) in [4.78, 5) is 5.62. The van der Waals surface area contributed by atoms with Crippen molar-refractivity contribution < 1.29 is 4.74 Å². The van der Waals surface area contributed by atoms with E-state index in [1.807, 2.05) is 30.3 Å². The topological polar surface area (TPSA) is 59.6 Å². The van der Waals surface area contributed by atoms with Crippen LogP contribution in [0.4, 0.5) is 5.69 Å². The van der Waals surface area contributed by atoms with E-state index in [0.29, 0.717) is 12.5 Å². The van der Waals surface area contributed by atoms with Crippen LogP contribution in [0.25, 0.3) is 0 Å². The molecule has 0 saturated carbocycles. The standard InChI is InChI=1S/C14H17N3OS.HI/c1-18-13-7-3-2-6-12(13)17-14(15)16-9-8-11-5-4-10-19-11;/h2-7,10H,8-9H2,1H3,(H3,15,16,17);1H. The van der Waals surface area contributed by atoms with Gasteiger partial charge in [0.25, 0.3) is 0 Å². The minimum Gasteiger partial charge on any atom is -0.495 e. The highest BCUT2D eigenvalue weighted by molar-refractivity contribution is 14.0. The largest absolute Gasteiger partial charge is 0.495 e. The molecule has 6 heteroatoms. The second-order valence-electron chi connectivity index (χ2n) is 3.92. The van der Waals surface area contributed by atoms with Crippen LogP contribution >= 0.6 is 35.3 Å². The first-order chi connectivity index (χ1) is 9.29. The molecule has 0 bridgehead atoms. The van der Waals surface area contributed by atoms with Crippen molar-refractivity contribution in [3.8, 4) is 5.75 Å². The van der Waals surface area contributed by atoms with E-state index in [1.165, 1.54) is 4.88 Å². The van der Waals surface area contributed by atoms with Gasteiger partial charge in [0, 0.05) is 17.8 Å². The number of aliphatic imine (C=N–C) groups is 1. The number of halogens is 1. The fraction of sp³-hybridized carbons (Fsp3) is 0.214. The normalized spacial score (nSPS) is 10.8. The molecule has 0 saturated heterocycles. The molecule has 1 heterocycles. The lowest BCUT2D eigenvalue weighted by atomic mass is 10.3. The Balaban J connectivity index is 0.00000200. The third-order valence-electron chi connectivity index (χ3n) is 2.59. The molecule has 108 valence electrons. The van der Waals surface area contributed by atoms with Crippen molar-refractivity contribution >= 4 is 47.0 Å². The number of rotatable bonds is 5. The minimum absolute atomic E-state index is 0. The summed E-state index contributed by atoms with van der Waals surface area (Å²) in [5.41, 5.74) is 6.68. The van der Waals surface area contributed by atoms with E-state index in [0.717, 1.165) is 17.9 Å². The van der Waals surface area contributed by atoms with Crippen molar-refractivity contribution in [1.82, 2.24) is 0 Å². The lowest BCUT2D eigenvalue weighted by molar-refractivity contribution is 0.417. The number of thiophene rings is 1. The zero-order chi connectivity index (χ0) is 13.5. The van der Waals surface area contributed by atoms with Gasteiger partial charge in [-0.25, -0.2) is 0 Å². The molecule has 0 aliphatic carbocycles. The van der Waals surface area contributed by atoms with E-state index in [1.54, 1.807) is 18.4 Å². The molecule has 1 aromatic heterocycles. The number of ether oxygens (including phenoxy) is 1. The summed E-state index contributed by atoms with van der Waals surface area (Å²) in [7, 11) is 1.63. The minimum atomic E-state index is 0. The second-order valence-corrected chi connectivity index (χ2v) is 4.95. The predicted octanol–water partition coefficient (Wildman–Crippen LogP) is 3.34. The molecule has 0 aliphatic rings. The number of hydrogen-bond acceptors (Lipinski definition) is 3. The summed E-state index contributed by atoms with van der Waals surface area (Å²) in [6.07, 6.45) is 0.909. The van der Waals surface area contributed by atoms with E-state index in [-0.39, 0.29) is 24.0 Å². The fourth-order valence-electron chi connectivity index (χ4n) is 1.67. The average Bonchev–Trinajstić information content (AvgIpc) is 2.92. The number of nitrogens with one attached hydrogen (secondary N) is 1. The van der Waals surface area contributed by atoms with Crippen molar-refractivity contribution in [2.24, 2.45) is 10.7 Å². The molecule has 2 rings (SSSR count). The average molecular weight is 403 g/mol. The molecule has 0 fully saturated rings. The summed E-state index contributed by atoms with van der Waals surface area (Å²) in [5.74, 6) is 1.15. The van der Waals surface area contributed by atoms with Gasteiger partial charge in [-0.05, 0) is 23.6 Å². The van der Waals surface area contributed by atoms with Crippen LogP contribution < -0.4 is 15.8 Å². The molecular formula is C14H18IN3OS. The van der Waals surface area contributed by atoms with Crippen LogP contribution in [0.3, 0.4) is 0 Å². The maximum Gasteiger partial charge on any atom is 0.193 e. The van der Waals surface area contributed by atoms with Crippen LogP contribution in [0.15, 0.2) is 46.8 Å². The highest BCUT2D eigenvalue weighted by Gasteiger charge is 2.02. The van der Waals surface area contributed by atoms with Gasteiger partial charge in [0.15, 0.2) is 5.96 Å².